The zero-order valence-electron chi connectivity index (χ0n) is 13.5. The average molecular weight is 302 g/mol. The van der Waals surface area contributed by atoms with Crippen molar-refractivity contribution in [3.63, 3.8) is 0 Å². The van der Waals surface area contributed by atoms with E-state index in [0.717, 1.165) is 25.7 Å². The minimum absolute atomic E-state index is 0.351. The summed E-state index contributed by atoms with van der Waals surface area (Å²) in [5.74, 6) is -1.26. The highest BCUT2D eigenvalue weighted by molar-refractivity contribution is 5.84. The third-order valence-electron chi connectivity index (χ3n) is 3.21. The average Bonchev–Trinajstić information content (AvgIpc) is 2.90. The third kappa shape index (κ3) is 7.23. The lowest BCUT2D eigenvalue weighted by Gasteiger charge is -2.22. The molecule has 1 aliphatic heterocycles. The van der Waals surface area contributed by atoms with E-state index in [1.165, 1.54) is 6.08 Å². The van der Waals surface area contributed by atoms with Gasteiger partial charge in [-0.25, -0.2) is 4.79 Å². The van der Waals surface area contributed by atoms with E-state index in [9.17, 15) is 4.79 Å². The lowest BCUT2D eigenvalue weighted by atomic mass is 10.1. The number of ether oxygens (including phenoxy) is 2. The minimum atomic E-state index is -0.911. The Hall–Kier alpha value is -1.87. The molecule has 0 amide bonds. The van der Waals surface area contributed by atoms with E-state index in [1.54, 1.807) is 13.2 Å². The van der Waals surface area contributed by atoms with Crippen LogP contribution in [0.1, 0.15) is 39.0 Å². The minimum Gasteiger partial charge on any atom is -0.426 e. The van der Waals surface area contributed by atoms with Gasteiger partial charge in [0, 0.05) is 19.6 Å². The van der Waals surface area contributed by atoms with E-state index < -0.39 is 5.79 Å². The summed E-state index contributed by atoms with van der Waals surface area (Å²) in [5, 5.41) is 0. The van der Waals surface area contributed by atoms with Gasteiger partial charge in [0.2, 0.25) is 5.79 Å². The van der Waals surface area contributed by atoms with Gasteiger partial charge in [0.1, 0.15) is 0 Å². The normalized spacial score (nSPS) is 22.0. The predicted molar refractivity (Wildman–Crippen MR) is 90.3 cm³/mol. The topological polar surface area (TPSA) is 35.5 Å². The molecule has 0 aromatic rings. The first-order chi connectivity index (χ1) is 10.7. The Labute approximate surface area is 133 Å². The van der Waals surface area contributed by atoms with E-state index in [-0.39, 0.29) is 5.97 Å². The molecular formula is C19H26O3. The molecule has 0 unspecified atom stereocenters. The van der Waals surface area contributed by atoms with Crippen LogP contribution in [0.25, 0.3) is 0 Å². The number of cyclic esters (lactones) is 1. The number of carbonyl (C=O) groups excluding carboxylic acids is 1. The zero-order valence-corrected chi connectivity index (χ0v) is 13.5. The van der Waals surface area contributed by atoms with Crippen molar-refractivity contribution in [1.82, 2.24) is 0 Å². The van der Waals surface area contributed by atoms with Gasteiger partial charge in [0.25, 0.3) is 0 Å². The van der Waals surface area contributed by atoms with Crippen molar-refractivity contribution in [2.75, 3.05) is 7.11 Å². The van der Waals surface area contributed by atoms with E-state index in [2.05, 4.69) is 43.4 Å². The van der Waals surface area contributed by atoms with E-state index in [1.807, 2.05) is 12.2 Å². The summed E-state index contributed by atoms with van der Waals surface area (Å²) in [6.45, 7) is 2.14. The molecule has 0 aromatic carbocycles. The summed E-state index contributed by atoms with van der Waals surface area (Å²) in [7, 11) is 1.54. The molecule has 0 bridgehead atoms. The second kappa shape index (κ2) is 10.8. The molecule has 0 aliphatic carbocycles. The van der Waals surface area contributed by atoms with E-state index >= 15 is 0 Å². The molecule has 120 valence electrons. The molecule has 22 heavy (non-hydrogen) atoms. The van der Waals surface area contributed by atoms with E-state index in [4.69, 9.17) is 9.47 Å². The van der Waals surface area contributed by atoms with Gasteiger partial charge in [-0.1, -0.05) is 55.5 Å². The Morgan fingerprint density at radius 3 is 2.00 bits per heavy atom. The van der Waals surface area contributed by atoms with Gasteiger partial charge in [-0.2, -0.15) is 0 Å². The molecule has 0 fully saturated rings. The summed E-state index contributed by atoms with van der Waals surface area (Å²) in [5.41, 5.74) is 0. The maximum Gasteiger partial charge on any atom is 0.333 e. The number of hydrogen-bond donors (Lipinski definition) is 0. The number of allylic oxidation sites excluding steroid dienone is 7. The Morgan fingerprint density at radius 1 is 1.00 bits per heavy atom. The Balaban J connectivity index is 2.16. The van der Waals surface area contributed by atoms with Gasteiger partial charge < -0.3 is 9.47 Å². The van der Waals surface area contributed by atoms with Crippen molar-refractivity contribution in [1.29, 1.82) is 0 Å². The van der Waals surface area contributed by atoms with Crippen molar-refractivity contribution < 1.29 is 14.3 Å². The summed E-state index contributed by atoms with van der Waals surface area (Å²) in [4.78, 5) is 11.1. The van der Waals surface area contributed by atoms with Gasteiger partial charge in [0.05, 0.1) is 0 Å². The molecule has 1 atom stereocenters. The second-order valence-electron chi connectivity index (χ2n) is 4.98. The second-order valence-corrected chi connectivity index (χ2v) is 4.98. The Morgan fingerprint density at radius 2 is 1.55 bits per heavy atom. The number of methoxy groups -OCH3 is 1. The van der Waals surface area contributed by atoms with Crippen LogP contribution in [-0.2, 0) is 14.3 Å². The number of esters is 1. The van der Waals surface area contributed by atoms with Gasteiger partial charge in [0.15, 0.2) is 0 Å². The maximum absolute atomic E-state index is 11.1. The first-order valence-corrected chi connectivity index (χ1v) is 7.80. The lowest BCUT2D eigenvalue weighted by molar-refractivity contribution is -0.186. The molecule has 1 rings (SSSR count). The molecule has 1 heterocycles. The van der Waals surface area contributed by atoms with Crippen LogP contribution in [0.4, 0.5) is 0 Å². The van der Waals surface area contributed by atoms with Gasteiger partial charge in [-0.3, -0.25) is 0 Å². The lowest BCUT2D eigenvalue weighted by Crippen LogP contribution is -2.29. The van der Waals surface area contributed by atoms with Crippen LogP contribution in [-0.4, -0.2) is 18.9 Å². The van der Waals surface area contributed by atoms with Crippen LogP contribution in [0.3, 0.4) is 0 Å². The SMILES string of the molecule is CC/C=C\C/C=C\C/C=C\C/C=C\C[C@]1(OC)C=CC(=O)O1. The van der Waals surface area contributed by atoms with Crippen LogP contribution in [0.5, 0.6) is 0 Å². The fourth-order valence-corrected chi connectivity index (χ4v) is 1.96. The molecular weight excluding hydrogens is 276 g/mol. The fraction of sp³-hybridized carbons (Fsp3) is 0.421. The molecule has 1 aliphatic rings. The monoisotopic (exact) mass is 302 g/mol. The summed E-state index contributed by atoms with van der Waals surface area (Å²) in [6.07, 6.45) is 24.5. The molecule has 3 nitrogen and oxygen atoms in total. The van der Waals surface area contributed by atoms with Crippen LogP contribution in [0.2, 0.25) is 0 Å². The van der Waals surface area contributed by atoms with Crippen molar-refractivity contribution in [3.8, 4) is 0 Å². The van der Waals surface area contributed by atoms with Gasteiger partial charge in [-0.15, -0.1) is 0 Å². The van der Waals surface area contributed by atoms with Crippen LogP contribution in [0.15, 0.2) is 60.8 Å². The Bertz CT molecular complexity index is 469. The summed E-state index contributed by atoms with van der Waals surface area (Å²) >= 11 is 0. The molecule has 0 N–H and O–H groups in total. The quantitative estimate of drug-likeness (QED) is 0.436. The molecule has 0 saturated carbocycles. The number of carbonyl (C=O) groups is 1. The van der Waals surface area contributed by atoms with Gasteiger partial charge >= 0.3 is 5.97 Å². The summed E-state index contributed by atoms with van der Waals surface area (Å²) < 4.78 is 10.4. The summed E-state index contributed by atoms with van der Waals surface area (Å²) in [6, 6.07) is 0. The highest BCUT2D eigenvalue weighted by Crippen LogP contribution is 2.25. The number of rotatable bonds is 10. The van der Waals surface area contributed by atoms with Crippen LogP contribution in [0, 0.1) is 0 Å². The first-order valence-electron chi connectivity index (χ1n) is 7.80. The molecule has 0 radical (unpaired) electrons. The first kappa shape index (κ1) is 18.2. The zero-order chi connectivity index (χ0) is 16.1. The molecule has 3 heteroatoms. The largest absolute Gasteiger partial charge is 0.426 e. The molecule has 0 spiro atoms. The predicted octanol–water partition coefficient (Wildman–Crippen LogP) is 4.64. The molecule has 0 saturated heterocycles. The number of hydrogen-bond acceptors (Lipinski definition) is 3. The highest BCUT2D eigenvalue weighted by atomic mass is 16.7. The molecule has 0 aromatic heterocycles. The van der Waals surface area contributed by atoms with Crippen LogP contribution < -0.4 is 0 Å². The van der Waals surface area contributed by atoms with Gasteiger partial charge in [-0.05, 0) is 31.8 Å². The smallest absolute Gasteiger partial charge is 0.333 e. The maximum atomic E-state index is 11.1. The van der Waals surface area contributed by atoms with Crippen molar-refractivity contribution in [2.45, 2.75) is 44.8 Å². The standard InChI is InChI=1S/C19H26O3/c1-3-4-5-6-7-8-9-10-11-12-13-14-16-19(21-2)17-15-18(20)22-19/h4-5,7-8,10-11,13-15,17H,3,6,9,12,16H2,1-2H3/b5-4-,8-7-,11-10-,14-13-/t19-/m1/s1. The van der Waals surface area contributed by atoms with E-state index in [0.29, 0.717) is 6.42 Å². The van der Waals surface area contributed by atoms with Crippen molar-refractivity contribution >= 4 is 5.97 Å². The highest BCUT2D eigenvalue weighted by Gasteiger charge is 2.34. The van der Waals surface area contributed by atoms with Crippen molar-refractivity contribution in [2.24, 2.45) is 0 Å². The fourth-order valence-electron chi connectivity index (χ4n) is 1.96. The third-order valence-corrected chi connectivity index (χ3v) is 3.21. The Kier molecular flexibility index (Phi) is 8.92. The van der Waals surface area contributed by atoms with Crippen molar-refractivity contribution in [3.05, 3.63) is 60.8 Å². The van der Waals surface area contributed by atoms with Crippen LogP contribution >= 0.6 is 0 Å².